The molecule has 0 aromatic rings. The fraction of sp³-hybridized carbons (Fsp3) is 0.500. The summed E-state index contributed by atoms with van der Waals surface area (Å²) in [5.74, 6) is 1.86. The molecule has 34 valence electrons. The van der Waals surface area contributed by atoms with Gasteiger partial charge in [0.15, 0.2) is 0 Å². The van der Waals surface area contributed by atoms with Crippen molar-refractivity contribution in [2.75, 3.05) is 6.61 Å². The summed E-state index contributed by atoms with van der Waals surface area (Å²) < 4.78 is 4.80. The Morgan fingerprint density at radius 1 is 1.83 bits per heavy atom. The third-order valence-corrected chi connectivity index (χ3v) is 0.399. The van der Waals surface area contributed by atoms with Crippen molar-refractivity contribution in [2.24, 2.45) is 0 Å². The van der Waals surface area contributed by atoms with E-state index in [1.54, 1.807) is 6.26 Å². The molecule has 0 rings (SSSR count). The smallest absolute Gasteiger partial charge is 0.133 e. The fourth-order valence-electron chi connectivity index (χ4n) is 0.192. The number of hydrogen-bond donors (Lipinski definition) is 0. The molecule has 0 amide bonds. The van der Waals surface area contributed by atoms with Crippen molar-refractivity contribution in [2.45, 2.75) is 6.92 Å². The summed E-state index contributed by atoms with van der Waals surface area (Å²) in [6.45, 7) is 2.73. The first-order valence-electron chi connectivity index (χ1n) is 2.14. The fourth-order valence-corrected chi connectivity index (χ4v) is 0.192. The second kappa shape index (κ2) is 4.60. The molecular weight excluding hydrogens is 74.9 g/mol. The molecule has 6 heavy (non-hydrogen) atoms. The maximum atomic E-state index is 4.80. The zero-order chi connectivity index (χ0) is 4.83. The van der Waals surface area contributed by atoms with Crippen molar-refractivity contribution < 1.29 is 4.74 Å². The molecule has 0 bridgehead atoms. The van der Waals surface area contributed by atoms with Gasteiger partial charge >= 0.3 is 0 Å². The first kappa shape index (κ1) is 5.60. The maximum absolute atomic E-state index is 4.80. The molecule has 0 radical (unpaired) electrons. The molecule has 0 aliphatic carbocycles. The standard InChI is InChI=1S/C4H9BO/c1-2-6-4-3-5/h3-4H,2,5H2,1H3/b4-3+. The van der Waals surface area contributed by atoms with Crippen LogP contribution in [0.4, 0.5) is 0 Å². The van der Waals surface area contributed by atoms with Gasteiger partial charge in [0.1, 0.15) is 7.85 Å². The van der Waals surface area contributed by atoms with Gasteiger partial charge in [0, 0.05) is 0 Å². The lowest BCUT2D eigenvalue weighted by atomic mass is 10.2. The molecule has 0 saturated carbocycles. The highest BCUT2D eigenvalue weighted by molar-refractivity contribution is 6.16. The number of ether oxygens (including phenoxy) is 1. The van der Waals surface area contributed by atoms with Crippen LogP contribution in [0, 0.1) is 0 Å². The lowest BCUT2D eigenvalue weighted by Crippen LogP contribution is -1.74. The topological polar surface area (TPSA) is 9.23 Å². The Hall–Kier alpha value is -0.395. The van der Waals surface area contributed by atoms with Crippen LogP contribution in [0.25, 0.3) is 0 Å². The normalized spacial score (nSPS) is 9.50. The first-order chi connectivity index (χ1) is 2.91. The van der Waals surface area contributed by atoms with Gasteiger partial charge < -0.3 is 4.74 Å². The average molecular weight is 83.9 g/mol. The van der Waals surface area contributed by atoms with Gasteiger partial charge in [0.2, 0.25) is 0 Å². The molecule has 2 heteroatoms. The third-order valence-electron chi connectivity index (χ3n) is 0.399. The van der Waals surface area contributed by atoms with Gasteiger partial charge in [-0.1, -0.05) is 5.98 Å². The Morgan fingerprint density at radius 3 is 2.67 bits per heavy atom. The zero-order valence-electron chi connectivity index (χ0n) is 4.27. The highest BCUT2D eigenvalue weighted by Crippen LogP contribution is 1.69. The molecule has 0 heterocycles. The van der Waals surface area contributed by atoms with Gasteiger partial charge in [0.05, 0.1) is 12.9 Å². The van der Waals surface area contributed by atoms with E-state index in [0.717, 1.165) is 6.61 Å². The largest absolute Gasteiger partial charge is 0.503 e. The van der Waals surface area contributed by atoms with Crippen LogP contribution in [-0.2, 0) is 4.74 Å². The van der Waals surface area contributed by atoms with E-state index in [1.165, 1.54) is 0 Å². The monoisotopic (exact) mass is 84.1 g/mol. The second-order valence-corrected chi connectivity index (χ2v) is 0.925. The van der Waals surface area contributed by atoms with Crippen LogP contribution in [0.3, 0.4) is 0 Å². The minimum absolute atomic E-state index is 0.768. The van der Waals surface area contributed by atoms with Crippen molar-refractivity contribution in [3.8, 4) is 0 Å². The van der Waals surface area contributed by atoms with Crippen LogP contribution in [0.2, 0.25) is 0 Å². The van der Waals surface area contributed by atoms with Crippen molar-refractivity contribution in [1.82, 2.24) is 0 Å². The summed E-state index contributed by atoms with van der Waals surface area (Å²) in [6, 6.07) is 0. The highest BCUT2D eigenvalue weighted by atomic mass is 16.5. The molecule has 0 aliphatic rings. The molecule has 0 fully saturated rings. The van der Waals surface area contributed by atoms with Gasteiger partial charge in [-0.15, -0.1) is 0 Å². The van der Waals surface area contributed by atoms with E-state index in [-0.39, 0.29) is 0 Å². The SMILES string of the molecule is B/C=C/OCC. The van der Waals surface area contributed by atoms with Gasteiger partial charge in [-0.3, -0.25) is 0 Å². The van der Waals surface area contributed by atoms with Crippen LogP contribution < -0.4 is 0 Å². The van der Waals surface area contributed by atoms with Gasteiger partial charge in [-0.25, -0.2) is 0 Å². The summed E-state index contributed by atoms with van der Waals surface area (Å²) >= 11 is 0. The maximum Gasteiger partial charge on any atom is 0.133 e. The second-order valence-electron chi connectivity index (χ2n) is 0.925. The predicted octanol–water partition coefficient (Wildman–Crippen LogP) is 0.127. The van der Waals surface area contributed by atoms with Crippen LogP contribution in [-0.4, -0.2) is 14.5 Å². The summed E-state index contributed by atoms with van der Waals surface area (Å²) in [7, 11) is 1.93. The van der Waals surface area contributed by atoms with Gasteiger partial charge in [-0.05, 0) is 6.92 Å². The van der Waals surface area contributed by atoms with Crippen molar-refractivity contribution in [3.05, 3.63) is 12.2 Å². The van der Waals surface area contributed by atoms with Crippen molar-refractivity contribution in [3.63, 3.8) is 0 Å². The van der Waals surface area contributed by atoms with Gasteiger partial charge in [0.25, 0.3) is 0 Å². The summed E-state index contributed by atoms with van der Waals surface area (Å²) in [4.78, 5) is 0. The number of hydrogen-bond acceptors (Lipinski definition) is 1. The van der Waals surface area contributed by atoms with Crippen LogP contribution in [0.15, 0.2) is 12.2 Å². The van der Waals surface area contributed by atoms with E-state index in [9.17, 15) is 0 Å². The first-order valence-corrected chi connectivity index (χ1v) is 2.14. The summed E-state index contributed by atoms with van der Waals surface area (Å²) in [5.41, 5.74) is 0. The van der Waals surface area contributed by atoms with E-state index in [4.69, 9.17) is 4.74 Å². The molecule has 0 spiro atoms. The molecule has 0 aromatic carbocycles. The highest BCUT2D eigenvalue weighted by Gasteiger charge is 1.60. The summed E-state index contributed by atoms with van der Waals surface area (Å²) in [5, 5.41) is 0. The third kappa shape index (κ3) is 3.60. The van der Waals surface area contributed by atoms with Gasteiger partial charge in [-0.2, -0.15) is 0 Å². The minimum atomic E-state index is 0.768. The van der Waals surface area contributed by atoms with E-state index in [2.05, 4.69) is 0 Å². The molecular formula is C4H9BO. The number of rotatable bonds is 2. The zero-order valence-corrected chi connectivity index (χ0v) is 4.27. The lowest BCUT2D eigenvalue weighted by molar-refractivity contribution is 0.270. The Labute approximate surface area is 39.4 Å². The lowest BCUT2D eigenvalue weighted by Gasteiger charge is -1.86. The molecule has 0 aromatic heterocycles. The van der Waals surface area contributed by atoms with Crippen LogP contribution in [0.5, 0.6) is 0 Å². The van der Waals surface area contributed by atoms with E-state index < -0.39 is 0 Å². The van der Waals surface area contributed by atoms with Crippen molar-refractivity contribution in [1.29, 1.82) is 0 Å². The van der Waals surface area contributed by atoms with E-state index in [1.807, 2.05) is 20.7 Å². The Balaban J connectivity index is 2.66. The van der Waals surface area contributed by atoms with E-state index >= 15 is 0 Å². The molecule has 0 N–H and O–H groups in total. The van der Waals surface area contributed by atoms with Crippen LogP contribution >= 0.6 is 0 Å². The summed E-state index contributed by atoms with van der Waals surface area (Å²) in [6.07, 6.45) is 1.68. The van der Waals surface area contributed by atoms with Crippen molar-refractivity contribution >= 4 is 7.85 Å². The molecule has 1 nitrogen and oxygen atoms in total. The quantitative estimate of drug-likeness (QED) is 0.341. The molecule has 0 saturated heterocycles. The molecule has 0 aliphatic heterocycles. The van der Waals surface area contributed by atoms with E-state index in [0.29, 0.717) is 0 Å². The molecule has 0 atom stereocenters. The Kier molecular flexibility index (Phi) is 4.30. The minimum Gasteiger partial charge on any atom is -0.503 e. The molecule has 0 unspecified atom stereocenters. The Bertz CT molecular complexity index is 42.8. The predicted molar refractivity (Wildman–Crippen MR) is 29.3 cm³/mol. The average Bonchev–Trinajstić information content (AvgIpc) is 1.61. The Morgan fingerprint density at radius 2 is 2.50 bits per heavy atom. The van der Waals surface area contributed by atoms with Crippen LogP contribution in [0.1, 0.15) is 6.92 Å².